The number of hydrogen-bond acceptors (Lipinski definition) is 4. The van der Waals surface area contributed by atoms with Crippen molar-refractivity contribution in [3.8, 4) is 6.07 Å². The molecule has 1 rings (SSSR count). The van der Waals surface area contributed by atoms with Crippen molar-refractivity contribution in [2.24, 2.45) is 0 Å². The van der Waals surface area contributed by atoms with E-state index in [1.54, 1.807) is 0 Å². The lowest BCUT2D eigenvalue weighted by atomic mass is 10.1. The zero-order valence-corrected chi connectivity index (χ0v) is 15.4. The number of benzene rings is 1. The molecule has 0 bridgehead atoms. The van der Waals surface area contributed by atoms with Crippen molar-refractivity contribution >= 4 is 11.6 Å². The monoisotopic (exact) mass is 411 g/mol. The number of methoxy groups -OCH3 is 1. The highest BCUT2D eigenvalue weighted by molar-refractivity contribution is 5.85. The zero-order valence-electron chi connectivity index (χ0n) is 15.4. The van der Waals surface area contributed by atoms with Crippen molar-refractivity contribution in [1.29, 1.82) is 5.26 Å². The van der Waals surface area contributed by atoms with Gasteiger partial charge in [0.05, 0.1) is 23.8 Å². The van der Waals surface area contributed by atoms with E-state index in [0.717, 1.165) is 17.0 Å². The zero-order chi connectivity index (χ0) is 21.7. The van der Waals surface area contributed by atoms with Crippen molar-refractivity contribution in [2.45, 2.75) is 25.3 Å². The number of ether oxygens (including phenoxy) is 1. The highest BCUT2D eigenvalue weighted by Crippen LogP contribution is 2.35. The molecule has 5 nitrogen and oxygen atoms in total. The van der Waals surface area contributed by atoms with Crippen molar-refractivity contribution in [1.82, 2.24) is 4.90 Å². The normalized spacial score (nSPS) is 13.0. The smallest absolute Gasteiger partial charge is 0.383 e. The minimum absolute atomic E-state index is 0.0979. The first kappa shape index (κ1) is 23.6. The van der Waals surface area contributed by atoms with Crippen molar-refractivity contribution in [3.63, 3.8) is 0 Å². The third kappa shape index (κ3) is 6.30. The molecule has 0 spiro atoms. The Morgan fingerprint density at radius 1 is 1.25 bits per heavy atom. The van der Waals surface area contributed by atoms with Crippen LogP contribution in [0.5, 0.6) is 0 Å². The molecule has 1 atom stereocenters. The number of amides is 1. The van der Waals surface area contributed by atoms with Gasteiger partial charge in [-0.3, -0.25) is 4.79 Å². The molecule has 156 valence electrons. The molecule has 1 unspecified atom stereocenters. The van der Waals surface area contributed by atoms with E-state index in [-0.39, 0.29) is 13.2 Å². The van der Waals surface area contributed by atoms with Gasteiger partial charge in [-0.2, -0.15) is 31.6 Å². The van der Waals surface area contributed by atoms with Crippen LogP contribution in [0.3, 0.4) is 0 Å². The van der Waals surface area contributed by atoms with E-state index in [4.69, 9.17) is 10.00 Å². The lowest BCUT2D eigenvalue weighted by Crippen LogP contribution is -2.50. The van der Waals surface area contributed by atoms with Crippen molar-refractivity contribution in [3.05, 3.63) is 29.3 Å². The maximum atomic E-state index is 13.2. The number of nitrogens with zero attached hydrogens (tertiary/aromatic N) is 3. The fourth-order valence-electron chi connectivity index (χ4n) is 2.48. The molecule has 1 amide bonds. The lowest BCUT2D eigenvalue weighted by Gasteiger charge is -2.34. The van der Waals surface area contributed by atoms with E-state index in [1.807, 2.05) is 0 Å². The van der Waals surface area contributed by atoms with Gasteiger partial charge in [0.2, 0.25) is 5.91 Å². The Morgan fingerprint density at radius 3 is 2.32 bits per heavy atom. The molecule has 0 radical (unpaired) electrons. The van der Waals surface area contributed by atoms with Crippen LogP contribution in [0, 0.1) is 11.3 Å². The third-order valence-corrected chi connectivity index (χ3v) is 3.94. The summed E-state index contributed by atoms with van der Waals surface area (Å²) in [5.74, 6) is -0.723. The second-order valence-electron chi connectivity index (χ2n) is 6.01. The van der Waals surface area contributed by atoms with Gasteiger partial charge in [-0.25, -0.2) is 0 Å². The van der Waals surface area contributed by atoms with Crippen LogP contribution in [0.4, 0.5) is 32.0 Å². The number of hydrogen-bond donors (Lipinski definition) is 0. The summed E-state index contributed by atoms with van der Waals surface area (Å²) in [6.45, 7) is -0.228. The number of rotatable bonds is 7. The van der Waals surface area contributed by atoms with E-state index in [1.165, 1.54) is 27.2 Å². The Labute approximate surface area is 158 Å². The Morgan fingerprint density at radius 2 is 1.86 bits per heavy atom. The van der Waals surface area contributed by atoms with Crippen molar-refractivity contribution in [2.75, 3.05) is 38.8 Å². The topological polar surface area (TPSA) is 56.6 Å². The summed E-state index contributed by atoms with van der Waals surface area (Å²) in [5, 5.41) is 8.83. The van der Waals surface area contributed by atoms with Crippen LogP contribution >= 0.6 is 0 Å². The quantitative estimate of drug-likeness (QED) is 0.645. The number of alkyl halides is 6. The maximum Gasteiger partial charge on any atom is 0.417 e. The lowest BCUT2D eigenvalue weighted by molar-refractivity contribution is -0.137. The predicted molar refractivity (Wildman–Crippen MR) is 88.5 cm³/mol. The molecular weight excluding hydrogens is 392 g/mol. The van der Waals surface area contributed by atoms with E-state index in [0.29, 0.717) is 11.0 Å². The summed E-state index contributed by atoms with van der Waals surface area (Å²) in [4.78, 5) is 14.1. The average Bonchev–Trinajstić information content (AvgIpc) is 2.60. The Hall–Kier alpha value is -2.48. The first-order valence-electron chi connectivity index (χ1n) is 8.00. The summed E-state index contributed by atoms with van der Waals surface area (Å²) in [6, 6.07) is 2.14. The van der Waals surface area contributed by atoms with Crippen LogP contribution in [-0.4, -0.2) is 56.9 Å². The number of carbonyl (C=O) groups excluding carboxylic acids is 1. The number of likely N-dealkylation sites (N-methyl/N-ethyl adjacent to an activating group) is 1. The van der Waals surface area contributed by atoms with Crippen LogP contribution in [-0.2, 0) is 15.7 Å². The Kier molecular flexibility index (Phi) is 7.69. The van der Waals surface area contributed by atoms with E-state index < -0.39 is 47.7 Å². The SMILES string of the molecule is COCCN(C)C(=O)C(C)N(CC(F)(F)F)c1ccc(C#N)c(C(F)(F)F)c1. The minimum atomic E-state index is -4.94. The summed E-state index contributed by atoms with van der Waals surface area (Å²) < 4.78 is 83.4. The van der Waals surface area contributed by atoms with E-state index >= 15 is 0 Å². The molecule has 0 saturated heterocycles. The largest absolute Gasteiger partial charge is 0.417 e. The van der Waals surface area contributed by atoms with Gasteiger partial charge in [-0.15, -0.1) is 0 Å². The predicted octanol–water partition coefficient (Wildman–Crippen LogP) is 3.44. The third-order valence-electron chi connectivity index (χ3n) is 3.94. The highest BCUT2D eigenvalue weighted by atomic mass is 19.4. The van der Waals surface area contributed by atoms with Gasteiger partial charge in [-0.1, -0.05) is 0 Å². The second-order valence-corrected chi connectivity index (χ2v) is 6.01. The molecule has 0 aliphatic rings. The molecule has 0 saturated carbocycles. The summed E-state index contributed by atoms with van der Waals surface area (Å²) in [7, 11) is 2.73. The summed E-state index contributed by atoms with van der Waals surface area (Å²) >= 11 is 0. The first-order chi connectivity index (χ1) is 12.8. The van der Waals surface area contributed by atoms with Gasteiger partial charge in [0.15, 0.2) is 0 Å². The Balaban J connectivity index is 3.35. The molecule has 1 aromatic rings. The van der Waals surface area contributed by atoms with Crippen molar-refractivity contribution < 1.29 is 35.9 Å². The number of halogens is 6. The first-order valence-corrected chi connectivity index (χ1v) is 8.00. The second kappa shape index (κ2) is 9.14. The number of nitriles is 1. The van der Waals surface area contributed by atoms with Crippen LogP contribution in [0.15, 0.2) is 18.2 Å². The molecule has 0 fully saturated rings. The number of anilines is 1. The molecule has 11 heteroatoms. The molecule has 28 heavy (non-hydrogen) atoms. The molecule has 0 aromatic heterocycles. The van der Waals surface area contributed by atoms with E-state index in [2.05, 4.69) is 0 Å². The van der Waals surface area contributed by atoms with Gasteiger partial charge in [0.25, 0.3) is 0 Å². The van der Waals surface area contributed by atoms with Gasteiger partial charge in [0, 0.05) is 26.4 Å². The molecule has 0 aliphatic carbocycles. The fraction of sp³-hybridized carbons (Fsp3) is 0.529. The molecule has 0 aliphatic heterocycles. The molecule has 0 N–H and O–H groups in total. The van der Waals surface area contributed by atoms with Gasteiger partial charge < -0.3 is 14.5 Å². The standard InChI is InChI=1S/C17H19F6N3O2/c1-11(15(27)25(2)6-7-28-3)26(10-16(18,19)20)13-5-4-12(9-24)14(8-13)17(21,22)23/h4-5,8,11H,6-7,10H2,1-3H3. The molecule has 1 aromatic carbocycles. The summed E-state index contributed by atoms with van der Waals surface area (Å²) in [6.07, 6.45) is -9.71. The average molecular weight is 411 g/mol. The van der Waals surface area contributed by atoms with Crippen LogP contribution in [0.2, 0.25) is 0 Å². The summed E-state index contributed by atoms with van der Waals surface area (Å²) in [5.41, 5.74) is -2.56. The van der Waals surface area contributed by atoms with Crippen LogP contribution in [0.25, 0.3) is 0 Å². The highest BCUT2D eigenvalue weighted by Gasteiger charge is 2.38. The maximum absolute atomic E-state index is 13.2. The molecular formula is C17H19F6N3O2. The van der Waals surface area contributed by atoms with Gasteiger partial charge in [0.1, 0.15) is 12.6 Å². The van der Waals surface area contributed by atoms with Gasteiger partial charge in [-0.05, 0) is 25.1 Å². The van der Waals surface area contributed by atoms with Crippen LogP contribution < -0.4 is 4.90 Å². The molecule has 0 heterocycles. The van der Waals surface area contributed by atoms with E-state index in [9.17, 15) is 31.1 Å². The minimum Gasteiger partial charge on any atom is -0.383 e. The number of carbonyl (C=O) groups is 1. The Bertz CT molecular complexity index is 727. The van der Waals surface area contributed by atoms with Crippen LogP contribution in [0.1, 0.15) is 18.1 Å². The fourth-order valence-corrected chi connectivity index (χ4v) is 2.48. The van der Waals surface area contributed by atoms with Gasteiger partial charge >= 0.3 is 12.4 Å².